The van der Waals surface area contributed by atoms with E-state index in [1.54, 1.807) is 12.1 Å². The van der Waals surface area contributed by atoms with Crippen LogP contribution in [0.2, 0.25) is 0 Å². The first kappa shape index (κ1) is 15.9. The van der Waals surface area contributed by atoms with Crippen LogP contribution in [0, 0.1) is 0 Å². The van der Waals surface area contributed by atoms with Gasteiger partial charge in [0.15, 0.2) is 11.5 Å². The van der Waals surface area contributed by atoms with Gasteiger partial charge in [0, 0.05) is 19.1 Å². The summed E-state index contributed by atoms with van der Waals surface area (Å²) in [5.41, 5.74) is 0.289. The van der Waals surface area contributed by atoms with E-state index < -0.39 is 12.6 Å². The van der Waals surface area contributed by atoms with Crippen molar-refractivity contribution in [2.45, 2.75) is 25.1 Å². The molecule has 1 unspecified atom stereocenters. The van der Waals surface area contributed by atoms with Crippen LogP contribution in [-0.2, 0) is 11.2 Å². The molecule has 2 N–H and O–H groups in total. The third kappa shape index (κ3) is 4.29. The van der Waals surface area contributed by atoms with E-state index in [-0.39, 0.29) is 17.5 Å². The summed E-state index contributed by atoms with van der Waals surface area (Å²) < 4.78 is 44.0. The highest BCUT2D eigenvalue weighted by Gasteiger charge is 2.30. The standard InChI is InChI=1S/C13H17F3N6O/c14-13(15,16)7-12-20-19-11-2-1-10(21-22(11)12)18-4-3-9-8-23-6-5-17-9/h1-2,9,17H,3-8H2,(H,18,21). The fourth-order valence-electron chi connectivity index (χ4n) is 2.40. The van der Waals surface area contributed by atoms with Crippen molar-refractivity contribution in [1.82, 2.24) is 25.1 Å². The van der Waals surface area contributed by atoms with Crippen LogP contribution in [0.4, 0.5) is 19.0 Å². The van der Waals surface area contributed by atoms with Gasteiger partial charge in [-0.05, 0) is 18.6 Å². The first-order valence-electron chi connectivity index (χ1n) is 7.34. The molecule has 1 aliphatic heterocycles. The van der Waals surface area contributed by atoms with Crippen molar-refractivity contribution in [2.24, 2.45) is 0 Å². The molecule has 3 rings (SSSR count). The van der Waals surface area contributed by atoms with Crippen LogP contribution in [0.25, 0.3) is 5.65 Å². The Kier molecular flexibility index (Phi) is 4.62. The summed E-state index contributed by atoms with van der Waals surface area (Å²) in [7, 11) is 0. The molecule has 3 heterocycles. The van der Waals surface area contributed by atoms with Gasteiger partial charge in [-0.15, -0.1) is 15.3 Å². The zero-order valence-corrected chi connectivity index (χ0v) is 12.3. The predicted molar refractivity (Wildman–Crippen MR) is 76.3 cm³/mol. The number of ether oxygens (including phenoxy) is 1. The molecule has 126 valence electrons. The Morgan fingerprint density at radius 1 is 1.35 bits per heavy atom. The molecule has 0 aliphatic carbocycles. The largest absolute Gasteiger partial charge is 0.396 e. The molecular weight excluding hydrogens is 313 g/mol. The lowest BCUT2D eigenvalue weighted by Crippen LogP contribution is -2.42. The fourth-order valence-corrected chi connectivity index (χ4v) is 2.40. The molecule has 0 spiro atoms. The summed E-state index contributed by atoms with van der Waals surface area (Å²) in [5, 5.41) is 17.8. The fraction of sp³-hybridized carbons (Fsp3) is 0.615. The van der Waals surface area contributed by atoms with Crippen molar-refractivity contribution in [3.63, 3.8) is 0 Å². The maximum absolute atomic E-state index is 12.5. The molecule has 1 fully saturated rings. The predicted octanol–water partition coefficient (Wildman–Crippen LogP) is 1.02. The Labute approximate surface area is 130 Å². The van der Waals surface area contributed by atoms with E-state index in [0.717, 1.165) is 24.1 Å². The Morgan fingerprint density at radius 2 is 2.22 bits per heavy atom. The zero-order chi connectivity index (χ0) is 16.3. The quantitative estimate of drug-likeness (QED) is 0.852. The van der Waals surface area contributed by atoms with Crippen LogP contribution in [0.1, 0.15) is 12.2 Å². The molecule has 0 amide bonds. The smallest absolute Gasteiger partial charge is 0.379 e. The minimum atomic E-state index is -4.35. The molecule has 0 saturated carbocycles. The van der Waals surface area contributed by atoms with Gasteiger partial charge >= 0.3 is 6.18 Å². The topological polar surface area (TPSA) is 76.4 Å². The van der Waals surface area contributed by atoms with Crippen molar-refractivity contribution in [3.8, 4) is 0 Å². The molecule has 0 aromatic carbocycles. The Balaban J connectivity index is 1.63. The summed E-state index contributed by atoms with van der Waals surface area (Å²) >= 11 is 0. The molecule has 1 aliphatic rings. The molecule has 10 heteroatoms. The highest BCUT2D eigenvalue weighted by atomic mass is 19.4. The minimum Gasteiger partial charge on any atom is -0.379 e. The molecule has 23 heavy (non-hydrogen) atoms. The van der Waals surface area contributed by atoms with Crippen LogP contribution in [0.15, 0.2) is 12.1 Å². The van der Waals surface area contributed by atoms with Gasteiger partial charge in [0.1, 0.15) is 12.2 Å². The number of rotatable bonds is 5. The number of anilines is 1. The molecular formula is C13H17F3N6O. The number of hydrogen-bond donors (Lipinski definition) is 2. The maximum atomic E-state index is 12.5. The van der Waals surface area contributed by atoms with Gasteiger partial charge < -0.3 is 15.4 Å². The van der Waals surface area contributed by atoms with E-state index in [1.165, 1.54) is 0 Å². The van der Waals surface area contributed by atoms with E-state index in [1.807, 2.05) is 0 Å². The number of nitrogens with zero attached hydrogens (tertiary/aromatic N) is 4. The monoisotopic (exact) mass is 330 g/mol. The lowest BCUT2D eigenvalue weighted by molar-refractivity contribution is -0.128. The third-order valence-corrected chi connectivity index (χ3v) is 3.48. The Bertz CT molecular complexity index is 653. The molecule has 1 saturated heterocycles. The van der Waals surface area contributed by atoms with E-state index in [9.17, 15) is 13.2 Å². The Hall–Kier alpha value is -1.94. The van der Waals surface area contributed by atoms with Gasteiger partial charge in [-0.3, -0.25) is 0 Å². The normalized spacial score (nSPS) is 19.2. The average Bonchev–Trinajstić information content (AvgIpc) is 2.89. The third-order valence-electron chi connectivity index (χ3n) is 3.48. The second-order valence-corrected chi connectivity index (χ2v) is 5.34. The van der Waals surface area contributed by atoms with Gasteiger partial charge in [-0.2, -0.15) is 17.7 Å². The highest BCUT2D eigenvalue weighted by Crippen LogP contribution is 2.20. The van der Waals surface area contributed by atoms with Crippen LogP contribution in [0.3, 0.4) is 0 Å². The number of alkyl halides is 3. The molecule has 7 nitrogen and oxygen atoms in total. The van der Waals surface area contributed by atoms with E-state index in [2.05, 4.69) is 25.9 Å². The van der Waals surface area contributed by atoms with Crippen molar-refractivity contribution in [1.29, 1.82) is 0 Å². The van der Waals surface area contributed by atoms with Crippen molar-refractivity contribution >= 4 is 11.5 Å². The van der Waals surface area contributed by atoms with E-state index in [4.69, 9.17) is 4.74 Å². The SMILES string of the molecule is FC(F)(F)Cc1nnc2ccc(NCCC3COCCN3)nn12. The Morgan fingerprint density at radius 3 is 2.96 bits per heavy atom. The lowest BCUT2D eigenvalue weighted by Gasteiger charge is -2.23. The van der Waals surface area contributed by atoms with Crippen LogP contribution >= 0.6 is 0 Å². The average molecular weight is 330 g/mol. The summed E-state index contributed by atoms with van der Waals surface area (Å²) in [6.45, 7) is 2.85. The van der Waals surface area contributed by atoms with Gasteiger partial charge in [0.05, 0.1) is 13.2 Å². The summed E-state index contributed by atoms with van der Waals surface area (Å²) in [6, 6.07) is 3.53. The second kappa shape index (κ2) is 6.67. The second-order valence-electron chi connectivity index (χ2n) is 5.34. The van der Waals surface area contributed by atoms with Crippen molar-refractivity contribution in [3.05, 3.63) is 18.0 Å². The van der Waals surface area contributed by atoms with Gasteiger partial charge in [-0.25, -0.2) is 0 Å². The van der Waals surface area contributed by atoms with E-state index >= 15 is 0 Å². The summed E-state index contributed by atoms with van der Waals surface area (Å²) in [6.07, 6.45) is -4.67. The first-order valence-corrected chi connectivity index (χ1v) is 7.34. The highest BCUT2D eigenvalue weighted by molar-refractivity contribution is 5.43. The number of morpholine rings is 1. The van der Waals surface area contributed by atoms with Crippen LogP contribution in [0.5, 0.6) is 0 Å². The van der Waals surface area contributed by atoms with Crippen molar-refractivity contribution < 1.29 is 17.9 Å². The van der Waals surface area contributed by atoms with Crippen molar-refractivity contribution in [2.75, 3.05) is 31.6 Å². The number of halogens is 3. The van der Waals surface area contributed by atoms with E-state index in [0.29, 0.717) is 19.0 Å². The summed E-state index contributed by atoms with van der Waals surface area (Å²) in [5.74, 6) is 0.260. The lowest BCUT2D eigenvalue weighted by atomic mass is 10.2. The van der Waals surface area contributed by atoms with Gasteiger partial charge in [-0.1, -0.05) is 0 Å². The molecule has 0 radical (unpaired) electrons. The number of hydrogen-bond acceptors (Lipinski definition) is 6. The number of aromatic nitrogens is 4. The molecule has 2 aromatic rings. The molecule has 2 aromatic heterocycles. The summed E-state index contributed by atoms with van der Waals surface area (Å²) in [4.78, 5) is 0. The van der Waals surface area contributed by atoms with Gasteiger partial charge in [0.25, 0.3) is 0 Å². The first-order chi connectivity index (χ1) is 11.0. The minimum absolute atomic E-state index is 0.224. The molecule has 0 bridgehead atoms. The molecule has 1 atom stereocenters. The zero-order valence-electron chi connectivity index (χ0n) is 12.3. The van der Waals surface area contributed by atoms with Crippen LogP contribution < -0.4 is 10.6 Å². The maximum Gasteiger partial charge on any atom is 0.396 e. The van der Waals surface area contributed by atoms with Gasteiger partial charge in [0.2, 0.25) is 0 Å². The number of fused-ring (bicyclic) bond motifs is 1. The number of nitrogens with one attached hydrogen (secondary N) is 2. The van der Waals surface area contributed by atoms with Crippen LogP contribution in [-0.4, -0.2) is 58.3 Å².